The first kappa shape index (κ1) is 15.8. The number of aliphatic hydroxyl groups is 1. The van der Waals surface area contributed by atoms with Gasteiger partial charge in [0.2, 0.25) is 0 Å². The minimum Gasteiger partial charge on any atom is -0.406 e. The fraction of sp³-hybridized carbons (Fsp3) is 0.538. The molecular weight excluding hydrogens is 259 g/mol. The number of hydrogen-bond acceptors (Lipinski definition) is 3. The fourth-order valence-electron chi connectivity index (χ4n) is 1.87. The summed E-state index contributed by atoms with van der Waals surface area (Å²) in [7, 11) is 1.79. The quantitative estimate of drug-likeness (QED) is 0.898. The summed E-state index contributed by atoms with van der Waals surface area (Å²) in [6.45, 7) is 4.19. The van der Waals surface area contributed by atoms with Crippen LogP contribution in [0.15, 0.2) is 24.3 Å². The molecule has 0 fully saturated rings. The molecule has 0 amide bonds. The van der Waals surface area contributed by atoms with E-state index in [0.717, 1.165) is 0 Å². The predicted molar refractivity (Wildman–Crippen MR) is 65.8 cm³/mol. The summed E-state index contributed by atoms with van der Waals surface area (Å²) in [5.74, 6) is -0.235. The Morgan fingerprint density at radius 1 is 1.26 bits per heavy atom. The van der Waals surface area contributed by atoms with Crippen LogP contribution in [0.4, 0.5) is 13.2 Å². The van der Waals surface area contributed by atoms with Crippen molar-refractivity contribution in [2.24, 2.45) is 0 Å². The number of nitrogens with zero attached hydrogens (tertiary/aromatic N) is 1. The Morgan fingerprint density at radius 2 is 1.89 bits per heavy atom. The molecule has 0 aliphatic carbocycles. The van der Waals surface area contributed by atoms with Gasteiger partial charge in [-0.15, -0.1) is 13.2 Å². The number of alkyl halides is 3. The molecule has 108 valence electrons. The molecule has 0 saturated carbocycles. The van der Waals surface area contributed by atoms with Crippen molar-refractivity contribution in [1.29, 1.82) is 0 Å². The molecule has 0 aliphatic rings. The molecule has 1 N–H and O–H groups in total. The number of halogens is 3. The van der Waals surface area contributed by atoms with Gasteiger partial charge in [0.05, 0.1) is 5.60 Å². The molecule has 0 aliphatic heterocycles. The van der Waals surface area contributed by atoms with Gasteiger partial charge in [0.15, 0.2) is 0 Å². The lowest BCUT2D eigenvalue weighted by Crippen LogP contribution is -2.35. The molecule has 6 heteroatoms. The first-order valence-electron chi connectivity index (χ1n) is 5.81. The Balaban J connectivity index is 2.67. The van der Waals surface area contributed by atoms with Crippen molar-refractivity contribution in [2.45, 2.75) is 32.4 Å². The van der Waals surface area contributed by atoms with E-state index in [1.54, 1.807) is 27.0 Å². The van der Waals surface area contributed by atoms with Gasteiger partial charge in [-0.3, -0.25) is 4.90 Å². The van der Waals surface area contributed by atoms with Gasteiger partial charge >= 0.3 is 6.36 Å². The van der Waals surface area contributed by atoms with Crippen molar-refractivity contribution in [3.63, 3.8) is 0 Å². The van der Waals surface area contributed by atoms with Gasteiger partial charge in [-0.05, 0) is 38.6 Å². The van der Waals surface area contributed by atoms with Gasteiger partial charge in [-0.25, -0.2) is 0 Å². The number of ether oxygens (including phenoxy) is 1. The van der Waals surface area contributed by atoms with Crippen LogP contribution >= 0.6 is 0 Å². The minimum atomic E-state index is -4.68. The maximum Gasteiger partial charge on any atom is 0.573 e. The van der Waals surface area contributed by atoms with Crippen molar-refractivity contribution in [3.05, 3.63) is 29.8 Å². The van der Waals surface area contributed by atoms with E-state index >= 15 is 0 Å². The van der Waals surface area contributed by atoms with Crippen LogP contribution in [-0.2, 0) is 6.54 Å². The number of benzene rings is 1. The highest BCUT2D eigenvalue weighted by atomic mass is 19.4. The monoisotopic (exact) mass is 277 g/mol. The summed E-state index contributed by atoms with van der Waals surface area (Å²) in [6.07, 6.45) is -4.68. The van der Waals surface area contributed by atoms with E-state index in [2.05, 4.69) is 4.74 Å². The van der Waals surface area contributed by atoms with Crippen molar-refractivity contribution in [1.82, 2.24) is 4.90 Å². The van der Waals surface area contributed by atoms with Gasteiger partial charge in [0.1, 0.15) is 5.75 Å². The van der Waals surface area contributed by atoms with Gasteiger partial charge in [0.25, 0.3) is 0 Å². The molecule has 0 unspecified atom stereocenters. The summed E-state index contributed by atoms with van der Waals surface area (Å²) < 4.78 is 40.1. The summed E-state index contributed by atoms with van der Waals surface area (Å²) in [6, 6.07) is 5.82. The lowest BCUT2D eigenvalue weighted by molar-refractivity contribution is -0.274. The van der Waals surface area contributed by atoms with Crippen LogP contribution in [0, 0.1) is 0 Å². The highest BCUT2D eigenvalue weighted by Gasteiger charge is 2.31. The van der Waals surface area contributed by atoms with E-state index in [0.29, 0.717) is 18.7 Å². The van der Waals surface area contributed by atoms with Gasteiger partial charge in [-0.1, -0.05) is 12.1 Å². The summed E-state index contributed by atoms with van der Waals surface area (Å²) in [5, 5.41) is 9.66. The van der Waals surface area contributed by atoms with Crippen molar-refractivity contribution in [2.75, 3.05) is 13.6 Å². The molecule has 1 aromatic rings. The Hall–Kier alpha value is -1.27. The maximum atomic E-state index is 12.1. The third-order valence-corrected chi connectivity index (χ3v) is 2.24. The van der Waals surface area contributed by atoms with E-state index in [1.807, 2.05) is 4.90 Å². The van der Waals surface area contributed by atoms with E-state index in [-0.39, 0.29) is 5.75 Å². The SMILES string of the molecule is CN(Cc1cccc(OC(F)(F)F)c1)CC(C)(C)O. The second-order valence-corrected chi connectivity index (χ2v) is 5.18. The summed E-state index contributed by atoms with van der Waals surface area (Å²) in [4.78, 5) is 1.83. The second kappa shape index (κ2) is 5.79. The van der Waals surface area contributed by atoms with Crippen LogP contribution < -0.4 is 4.74 Å². The Morgan fingerprint density at radius 3 is 2.42 bits per heavy atom. The number of likely N-dealkylation sites (N-methyl/N-ethyl adjacent to an activating group) is 1. The molecule has 0 aromatic heterocycles. The third-order valence-electron chi connectivity index (χ3n) is 2.24. The number of rotatable bonds is 5. The zero-order chi connectivity index (χ0) is 14.7. The zero-order valence-corrected chi connectivity index (χ0v) is 11.2. The Bertz CT molecular complexity index is 413. The van der Waals surface area contributed by atoms with E-state index in [1.165, 1.54) is 18.2 Å². The average molecular weight is 277 g/mol. The van der Waals surface area contributed by atoms with Gasteiger partial charge in [-0.2, -0.15) is 0 Å². The minimum absolute atomic E-state index is 0.235. The molecule has 0 bridgehead atoms. The fourth-order valence-corrected chi connectivity index (χ4v) is 1.87. The van der Waals surface area contributed by atoms with Gasteiger partial charge in [0, 0.05) is 13.1 Å². The molecule has 0 atom stereocenters. The molecule has 0 spiro atoms. The highest BCUT2D eigenvalue weighted by molar-refractivity contribution is 5.28. The Labute approximate surface area is 110 Å². The maximum absolute atomic E-state index is 12.1. The van der Waals surface area contributed by atoms with E-state index in [4.69, 9.17) is 0 Å². The van der Waals surface area contributed by atoms with E-state index in [9.17, 15) is 18.3 Å². The molecule has 0 radical (unpaired) electrons. The molecule has 1 aromatic carbocycles. The third kappa shape index (κ3) is 7.03. The Kier molecular flexibility index (Phi) is 4.81. The zero-order valence-electron chi connectivity index (χ0n) is 11.2. The van der Waals surface area contributed by atoms with Crippen LogP contribution in [-0.4, -0.2) is 35.6 Å². The van der Waals surface area contributed by atoms with Crippen LogP contribution in [0.3, 0.4) is 0 Å². The molecule has 0 saturated heterocycles. The lowest BCUT2D eigenvalue weighted by atomic mass is 10.1. The normalized spacial score (nSPS) is 12.8. The molecular formula is C13H18F3NO2. The van der Waals surface area contributed by atoms with Crippen LogP contribution in [0.2, 0.25) is 0 Å². The van der Waals surface area contributed by atoms with Crippen LogP contribution in [0.1, 0.15) is 19.4 Å². The standard InChI is InChI=1S/C13H18F3NO2/c1-12(2,18)9-17(3)8-10-5-4-6-11(7-10)19-13(14,15)16/h4-7,18H,8-9H2,1-3H3. The largest absolute Gasteiger partial charge is 0.573 e. The topological polar surface area (TPSA) is 32.7 Å². The summed E-state index contributed by atoms with van der Waals surface area (Å²) >= 11 is 0. The van der Waals surface area contributed by atoms with Crippen molar-refractivity contribution >= 4 is 0 Å². The smallest absolute Gasteiger partial charge is 0.406 e. The molecule has 3 nitrogen and oxygen atoms in total. The first-order chi connectivity index (χ1) is 8.55. The van der Waals surface area contributed by atoms with Crippen LogP contribution in [0.25, 0.3) is 0 Å². The van der Waals surface area contributed by atoms with Crippen LogP contribution in [0.5, 0.6) is 5.75 Å². The first-order valence-corrected chi connectivity index (χ1v) is 5.81. The van der Waals surface area contributed by atoms with Crippen molar-refractivity contribution in [3.8, 4) is 5.75 Å². The number of hydrogen-bond donors (Lipinski definition) is 1. The second-order valence-electron chi connectivity index (χ2n) is 5.18. The molecule has 1 rings (SSSR count). The van der Waals surface area contributed by atoms with Crippen molar-refractivity contribution < 1.29 is 23.0 Å². The molecule has 0 heterocycles. The highest BCUT2D eigenvalue weighted by Crippen LogP contribution is 2.23. The predicted octanol–water partition coefficient (Wildman–Crippen LogP) is 2.79. The lowest BCUT2D eigenvalue weighted by Gasteiger charge is -2.25. The average Bonchev–Trinajstić information content (AvgIpc) is 2.11. The summed E-state index contributed by atoms with van der Waals surface area (Å²) in [5.41, 5.74) is -0.164. The van der Waals surface area contributed by atoms with E-state index < -0.39 is 12.0 Å². The van der Waals surface area contributed by atoms with Gasteiger partial charge < -0.3 is 9.84 Å². The molecule has 19 heavy (non-hydrogen) atoms.